The van der Waals surface area contributed by atoms with Crippen molar-refractivity contribution in [2.45, 2.75) is 39.9 Å². The fourth-order valence-electron chi connectivity index (χ4n) is 3.11. The molecule has 0 amide bonds. The van der Waals surface area contributed by atoms with Crippen LogP contribution in [0.4, 0.5) is 0 Å². The first-order chi connectivity index (χ1) is 13.7. The van der Waals surface area contributed by atoms with Gasteiger partial charge in [0, 0.05) is 38.2 Å². The Bertz CT molecular complexity index is 783. The van der Waals surface area contributed by atoms with Crippen LogP contribution in [0.25, 0.3) is 0 Å². The van der Waals surface area contributed by atoms with Crippen LogP contribution in [-0.4, -0.2) is 47.6 Å². The molecule has 0 saturated carbocycles. The van der Waals surface area contributed by atoms with E-state index in [-0.39, 0.29) is 0 Å². The molecule has 1 saturated heterocycles. The van der Waals surface area contributed by atoms with E-state index in [1.165, 1.54) is 5.56 Å². The zero-order chi connectivity index (χ0) is 19.8. The van der Waals surface area contributed by atoms with Gasteiger partial charge in [-0.1, -0.05) is 12.1 Å². The molecule has 1 unspecified atom stereocenters. The van der Waals surface area contributed by atoms with Crippen molar-refractivity contribution >= 4 is 5.96 Å². The van der Waals surface area contributed by atoms with E-state index in [9.17, 15) is 0 Å². The van der Waals surface area contributed by atoms with Gasteiger partial charge in [0.1, 0.15) is 12.1 Å². The molecule has 1 aliphatic heterocycles. The molecule has 28 heavy (non-hydrogen) atoms. The van der Waals surface area contributed by atoms with E-state index in [1.807, 2.05) is 4.57 Å². The molecule has 2 heterocycles. The van der Waals surface area contributed by atoms with Gasteiger partial charge < -0.3 is 24.7 Å². The van der Waals surface area contributed by atoms with Crippen molar-refractivity contribution in [1.82, 2.24) is 25.4 Å². The largest absolute Gasteiger partial charge is 0.493 e. The molecule has 0 bridgehead atoms. The lowest BCUT2D eigenvalue weighted by Gasteiger charge is -2.17. The van der Waals surface area contributed by atoms with E-state index in [1.54, 1.807) is 13.4 Å². The number of hydrogen-bond donors (Lipinski definition) is 2. The van der Waals surface area contributed by atoms with Gasteiger partial charge in [0.05, 0.1) is 19.8 Å². The average molecular weight is 387 g/mol. The molecule has 1 aromatic carbocycles. The number of aliphatic imine (C=N–C) groups is 1. The number of hydrogen-bond acceptors (Lipinski definition) is 5. The third-order valence-corrected chi connectivity index (χ3v) is 4.84. The van der Waals surface area contributed by atoms with Crippen LogP contribution in [0.3, 0.4) is 0 Å². The highest BCUT2D eigenvalue weighted by Gasteiger charge is 2.17. The van der Waals surface area contributed by atoms with Gasteiger partial charge in [-0.15, -0.1) is 10.2 Å². The number of aryl methyl sites for hydroxylation is 2. The second-order valence-corrected chi connectivity index (χ2v) is 6.96. The van der Waals surface area contributed by atoms with Gasteiger partial charge in [-0.3, -0.25) is 4.99 Å². The van der Waals surface area contributed by atoms with Gasteiger partial charge in [-0.25, -0.2) is 0 Å². The number of aromatic nitrogens is 3. The minimum absolute atomic E-state index is 0.478. The molecule has 1 atom stereocenters. The summed E-state index contributed by atoms with van der Waals surface area (Å²) < 4.78 is 13.6. The first-order valence-electron chi connectivity index (χ1n) is 9.80. The summed E-state index contributed by atoms with van der Waals surface area (Å²) in [5.41, 5.74) is 2.28. The van der Waals surface area contributed by atoms with Gasteiger partial charge in [0.15, 0.2) is 11.8 Å². The summed E-state index contributed by atoms with van der Waals surface area (Å²) >= 11 is 0. The van der Waals surface area contributed by atoms with Crippen molar-refractivity contribution in [3.63, 3.8) is 0 Å². The number of rotatable bonds is 8. The molecule has 1 fully saturated rings. The highest BCUT2D eigenvalue weighted by atomic mass is 16.5. The molecule has 2 aromatic rings. The maximum absolute atomic E-state index is 6.12. The van der Waals surface area contributed by atoms with Crippen LogP contribution in [-0.2, 0) is 24.4 Å². The van der Waals surface area contributed by atoms with Crippen molar-refractivity contribution in [1.29, 1.82) is 0 Å². The van der Waals surface area contributed by atoms with Crippen molar-refractivity contribution in [2.24, 2.45) is 10.9 Å². The van der Waals surface area contributed by atoms with Crippen LogP contribution >= 0.6 is 0 Å². The maximum Gasteiger partial charge on any atom is 0.191 e. The second-order valence-electron chi connectivity index (χ2n) is 6.96. The van der Waals surface area contributed by atoms with Crippen molar-refractivity contribution in [3.8, 4) is 5.75 Å². The van der Waals surface area contributed by atoms with Gasteiger partial charge >= 0.3 is 0 Å². The Kier molecular flexibility index (Phi) is 7.25. The number of nitrogens with one attached hydrogen (secondary N) is 2. The predicted octanol–water partition coefficient (Wildman–Crippen LogP) is 1.89. The van der Waals surface area contributed by atoms with Crippen LogP contribution in [0.5, 0.6) is 5.75 Å². The summed E-state index contributed by atoms with van der Waals surface area (Å²) in [6.45, 7) is 8.48. The van der Waals surface area contributed by atoms with E-state index in [0.717, 1.165) is 43.3 Å². The molecule has 8 nitrogen and oxygen atoms in total. The van der Waals surface area contributed by atoms with Crippen LogP contribution in [0, 0.1) is 12.8 Å². The number of benzene rings is 1. The summed E-state index contributed by atoms with van der Waals surface area (Å²) in [6, 6.07) is 6.29. The van der Waals surface area contributed by atoms with Crippen LogP contribution in [0.1, 0.15) is 30.3 Å². The molecule has 152 valence electrons. The lowest BCUT2D eigenvalue weighted by atomic mass is 10.1. The Balaban J connectivity index is 1.55. The average Bonchev–Trinajstić information content (AvgIpc) is 3.39. The first kappa shape index (κ1) is 20.1. The lowest BCUT2D eigenvalue weighted by Crippen LogP contribution is -2.37. The van der Waals surface area contributed by atoms with E-state index >= 15 is 0 Å². The topological polar surface area (TPSA) is 85.6 Å². The second kappa shape index (κ2) is 10.1. The monoisotopic (exact) mass is 386 g/mol. The summed E-state index contributed by atoms with van der Waals surface area (Å²) in [7, 11) is 1.76. The van der Waals surface area contributed by atoms with E-state index in [4.69, 9.17) is 9.47 Å². The van der Waals surface area contributed by atoms with E-state index in [0.29, 0.717) is 31.6 Å². The first-order valence-corrected chi connectivity index (χ1v) is 9.80. The minimum Gasteiger partial charge on any atom is -0.493 e. The standard InChI is InChI=1S/C20H30N6O2/c1-4-26-14-24-25-19(26)11-23-20(21-3)22-10-17-6-5-15(2)9-18(17)28-13-16-7-8-27-12-16/h5-6,9,14,16H,4,7-8,10-13H2,1-3H3,(H2,21,22,23). The Morgan fingerprint density at radius 2 is 2.21 bits per heavy atom. The molecule has 3 rings (SSSR count). The molecular weight excluding hydrogens is 356 g/mol. The van der Waals surface area contributed by atoms with Crippen LogP contribution in [0.15, 0.2) is 29.5 Å². The highest BCUT2D eigenvalue weighted by Crippen LogP contribution is 2.22. The van der Waals surface area contributed by atoms with Gasteiger partial charge in [-0.05, 0) is 31.9 Å². The quantitative estimate of drug-likeness (QED) is 0.532. The minimum atomic E-state index is 0.478. The third-order valence-electron chi connectivity index (χ3n) is 4.84. The SMILES string of the molecule is CCn1cnnc1CNC(=NC)NCc1ccc(C)cc1OCC1CCOC1. The highest BCUT2D eigenvalue weighted by molar-refractivity contribution is 5.79. The predicted molar refractivity (Wildman–Crippen MR) is 108 cm³/mol. The number of nitrogens with zero attached hydrogens (tertiary/aromatic N) is 4. The molecular formula is C20H30N6O2. The van der Waals surface area contributed by atoms with E-state index in [2.05, 4.69) is 57.9 Å². The van der Waals surface area contributed by atoms with Crippen molar-refractivity contribution < 1.29 is 9.47 Å². The zero-order valence-electron chi connectivity index (χ0n) is 16.9. The number of ether oxygens (including phenoxy) is 2. The Hall–Kier alpha value is -2.61. The molecule has 8 heteroatoms. The zero-order valence-corrected chi connectivity index (χ0v) is 16.9. The van der Waals surface area contributed by atoms with Crippen LogP contribution in [0.2, 0.25) is 0 Å². The normalized spacial score (nSPS) is 17.0. The molecule has 0 aliphatic carbocycles. The van der Waals surface area contributed by atoms with Gasteiger partial charge in [-0.2, -0.15) is 0 Å². The molecule has 1 aliphatic rings. The fraction of sp³-hybridized carbons (Fsp3) is 0.550. The van der Waals surface area contributed by atoms with Crippen molar-refractivity contribution in [2.75, 3.05) is 26.9 Å². The Labute approximate surface area is 166 Å². The number of guanidine groups is 1. The Morgan fingerprint density at radius 1 is 1.36 bits per heavy atom. The summed E-state index contributed by atoms with van der Waals surface area (Å²) in [5, 5.41) is 14.7. The Morgan fingerprint density at radius 3 is 2.96 bits per heavy atom. The summed E-state index contributed by atoms with van der Waals surface area (Å²) in [5.74, 6) is 2.98. The van der Waals surface area contributed by atoms with Gasteiger partial charge in [0.2, 0.25) is 0 Å². The molecule has 0 radical (unpaired) electrons. The van der Waals surface area contributed by atoms with Gasteiger partial charge in [0.25, 0.3) is 0 Å². The summed E-state index contributed by atoms with van der Waals surface area (Å²) in [4.78, 5) is 4.29. The molecule has 2 N–H and O–H groups in total. The molecule has 1 aromatic heterocycles. The third kappa shape index (κ3) is 5.45. The van der Waals surface area contributed by atoms with Crippen LogP contribution < -0.4 is 15.4 Å². The summed E-state index contributed by atoms with van der Waals surface area (Å²) in [6.07, 6.45) is 2.80. The molecule has 0 spiro atoms. The lowest BCUT2D eigenvalue weighted by molar-refractivity contribution is 0.166. The fourth-order valence-corrected chi connectivity index (χ4v) is 3.11. The van der Waals surface area contributed by atoms with E-state index < -0.39 is 0 Å². The smallest absolute Gasteiger partial charge is 0.191 e. The maximum atomic E-state index is 6.12. The van der Waals surface area contributed by atoms with Crippen molar-refractivity contribution in [3.05, 3.63) is 41.5 Å².